The first kappa shape index (κ1) is 23.6. The van der Waals surface area contributed by atoms with Crippen molar-refractivity contribution in [2.24, 2.45) is 4.99 Å². The molecule has 1 aliphatic heterocycles. The van der Waals surface area contributed by atoms with Crippen molar-refractivity contribution >= 4 is 29.9 Å². The second-order valence-electron chi connectivity index (χ2n) is 6.84. The van der Waals surface area contributed by atoms with Gasteiger partial charge in [-0.15, -0.1) is 24.0 Å². The smallest absolute Gasteiger partial charge is 0.191 e. The summed E-state index contributed by atoms with van der Waals surface area (Å²) >= 11 is 0. The highest BCUT2D eigenvalue weighted by molar-refractivity contribution is 14.0. The Balaban J connectivity index is 0.00000300. The molecule has 9 heteroatoms. The third-order valence-corrected chi connectivity index (χ3v) is 4.61. The molecule has 160 valence electrons. The van der Waals surface area contributed by atoms with Crippen LogP contribution in [0.3, 0.4) is 0 Å². The summed E-state index contributed by atoms with van der Waals surface area (Å²) in [7, 11) is 0. The van der Waals surface area contributed by atoms with Crippen LogP contribution in [-0.2, 0) is 17.8 Å². The molecule has 3 rings (SSSR count). The van der Waals surface area contributed by atoms with Gasteiger partial charge in [-0.25, -0.2) is 14.7 Å². The number of rotatable bonds is 9. The summed E-state index contributed by atoms with van der Waals surface area (Å²) in [4.78, 5) is 11.2. The molecule has 1 aromatic carbocycles. The Kier molecular flexibility index (Phi) is 11.0. The second-order valence-corrected chi connectivity index (χ2v) is 6.84. The van der Waals surface area contributed by atoms with Crippen molar-refractivity contribution in [3.63, 3.8) is 0 Å². The average Bonchev–Trinajstić information content (AvgIpc) is 3.23. The normalized spacial score (nSPS) is 15.0. The summed E-state index contributed by atoms with van der Waals surface area (Å²) in [5.41, 5.74) is 2.38. The van der Waals surface area contributed by atoms with Gasteiger partial charge in [0.15, 0.2) is 5.96 Å². The van der Waals surface area contributed by atoms with E-state index in [1.54, 1.807) is 12.7 Å². The van der Waals surface area contributed by atoms with Gasteiger partial charge in [0.25, 0.3) is 0 Å². The minimum atomic E-state index is 0. The second kappa shape index (κ2) is 13.5. The number of aromatic nitrogens is 3. The van der Waals surface area contributed by atoms with Gasteiger partial charge in [-0.3, -0.25) is 4.90 Å². The Morgan fingerprint density at radius 1 is 1.21 bits per heavy atom. The van der Waals surface area contributed by atoms with Gasteiger partial charge in [-0.1, -0.05) is 24.3 Å². The molecular weight excluding hydrogens is 481 g/mol. The van der Waals surface area contributed by atoms with Crippen molar-refractivity contribution in [2.45, 2.75) is 26.4 Å². The minimum Gasteiger partial charge on any atom is -0.379 e. The lowest BCUT2D eigenvalue weighted by atomic mass is 10.1. The van der Waals surface area contributed by atoms with Crippen LogP contribution in [0.15, 0.2) is 41.9 Å². The highest BCUT2D eigenvalue weighted by Gasteiger charge is 2.09. The van der Waals surface area contributed by atoms with Gasteiger partial charge in [0.05, 0.1) is 26.3 Å². The maximum Gasteiger partial charge on any atom is 0.191 e. The number of morpholine rings is 1. The molecule has 0 radical (unpaired) electrons. The fraction of sp³-hybridized carbons (Fsp3) is 0.550. The largest absolute Gasteiger partial charge is 0.379 e. The van der Waals surface area contributed by atoms with Crippen molar-refractivity contribution in [1.82, 2.24) is 30.3 Å². The SMILES string of the molecule is CCNC(=NCc1cccc(Cn2cncn2)c1)NCCCN1CCOCC1.I. The highest BCUT2D eigenvalue weighted by atomic mass is 127. The molecule has 29 heavy (non-hydrogen) atoms. The van der Waals surface area contributed by atoms with E-state index >= 15 is 0 Å². The summed E-state index contributed by atoms with van der Waals surface area (Å²) in [6, 6.07) is 8.45. The number of hydrogen-bond acceptors (Lipinski definition) is 5. The van der Waals surface area contributed by atoms with Crippen LogP contribution < -0.4 is 10.6 Å². The lowest BCUT2D eigenvalue weighted by Crippen LogP contribution is -2.40. The van der Waals surface area contributed by atoms with Crippen molar-refractivity contribution in [3.8, 4) is 0 Å². The van der Waals surface area contributed by atoms with Gasteiger partial charge in [0, 0.05) is 26.2 Å². The molecule has 1 fully saturated rings. The summed E-state index contributed by atoms with van der Waals surface area (Å²) in [6.45, 7) is 10.1. The number of halogens is 1. The van der Waals surface area contributed by atoms with Crippen molar-refractivity contribution in [1.29, 1.82) is 0 Å². The molecular formula is C20H32IN7O. The first-order valence-electron chi connectivity index (χ1n) is 10.1. The lowest BCUT2D eigenvalue weighted by molar-refractivity contribution is 0.0376. The molecule has 1 saturated heterocycles. The van der Waals surface area contributed by atoms with Crippen LogP contribution in [0, 0.1) is 0 Å². The quantitative estimate of drug-likeness (QED) is 0.230. The fourth-order valence-corrected chi connectivity index (χ4v) is 3.17. The molecule has 2 heterocycles. The van der Waals surface area contributed by atoms with Gasteiger partial charge in [0.1, 0.15) is 12.7 Å². The third kappa shape index (κ3) is 8.67. The molecule has 0 spiro atoms. The number of aliphatic imine (C=N–C) groups is 1. The number of ether oxygens (including phenoxy) is 1. The Hall–Kier alpha value is -1.72. The van der Waals surface area contributed by atoms with Crippen LogP contribution in [0.5, 0.6) is 0 Å². The van der Waals surface area contributed by atoms with E-state index in [1.165, 1.54) is 11.1 Å². The standard InChI is InChI=1S/C20H31N7O.HI/c1-2-22-20(23-7-4-8-26-9-11-28-12-10-26)24-14-18-5-3-6-19(13-18)15-27-17-21-16-25-27;/h3,5-6,13,16-17H,2,4,7-12,14-15H2,1H3,(H2,22,23,24);1H. The fourth-order valence-electron chi connectivity index (χ4n) is 3.17. The molecule has 0 atom stereocenters. The van der Waals surface area contributed by atoms with E-state index in [-0.39, 0.29) is 24.0 Å². The van der Waals surface area contributed by atoms with E-state index in [9.17, 15) is 0 Å². The van der Waals surface area contributed by atoms with Crippen LogP contribution >= 0.6 is 24.0 Å². The van der Waals surface area contributed by atoms with Gasteiger partial charge in [-0.2, -0.15) is 5.10 Å². The molecule has 0 amide bonds. The van der Waals surface area contributed by atoms with Crippen LogP contribution in [0.2, 0.25) is 0 Å². The van der Waals surface area contributed by atoms with Crippen molar-refractivity contribution in [2.75, 3.05) is 45.9 Å². The molecule has 0 aliphatic carbocycles. The third-order valence-electron chi connectivity index (χ3n) is 4.61. The maximum absolute atomic E-state index is 5.39. The van der Waals surface area contributed by atoms with E-state index in [0.29, 0.717) is 6.54 Å². The number of guanidine groups is 1. The molecule has 0 bridgehead atoms. The zero-order valence-corrected chi connectivity index (χ0v) is 19.4. The molecule has 2 aromatic rings. The number of nitrogens with one attached hydrogen (secondary N) is 2. The van der Waals surface area contributed by atoms with E-state index in [1.807, 2.05) is 4.68 Å². The topological polar surface area (TPSA) is 79.6 Å². The predicted molar refractivity (Wildman–Crippen MR) is 126 cm³/mol. The Bertz CT molecular complexity index is 717. The molecule has 0 unspecified atom stereocenters. The first-order valence-corrected chi connectivity index (χ1v) is 10.1. The predicted octanol–water partition coefficient (Wildman–Crippen LogP) is 1.72. The maximum atomic E-state index is 5.39. The molecule has 1 aliphatic rings. The van der Waals surface area contributed by atoms with Crippen LogP contribution in [0.1, 0.15) is 24.5 Å². The number of benzene rings is 1. The van der Waals surface area contributed by atoms with Gasteiger partial charge in [0.2, 0.25) is 0 Å². The molecule has 2 N–H and O–H groups in total. The Morgan fingerprint density at radius 2 is 2.03 bits per heavy atom. The zero-order chi connectivity index (χ0) is 19.4. The summed E-state index contributed by atoms with van der Waals surface area (Å²) in [5.74, 6) is 0.867. The Labute approximate surface area is 190 Å². The van der Waals surface area contributed by atoms with Gasteiger partial charge < -0.3 is 15.4 Å². The Morgan fingerprint density at radius 3 is 2.79 bits per heavy atom. The number of hydrogen-bond donors (Lipinski definition) is 2. The van der Waals surface area contributed by atoms with E-state index in [2.05, 4.69) is 56.8 Å². The zero-order valence-electron chi connectivity index (χ0n) is 17.1. The van der Waals surface area contributed by atoms with E-state index < -0.39 is 0 Å². The summed E-state index contributed by atoms with van der Waals surface area (Å²) in [6.07, 6.45) is 4.38. The van der Waals surface area contributed by atoms with Crippen LogP contribution in [0.25, 0.3) is 0 Å². The minimum absolute atomic E-state index is 0. The van der Waals surface area contributed by atoms with Crippen LogP contribution in [0.4, 0.5) is 0 Å². The van der Waals surface area contributed by atoms with Crippen molar-refractivity contribution in [3.05, 3.63) is 48.0 Å². The molecule has 8 nitrogen and oxygen atoms in total. The van der Waals surface area contributed by atoms with Gasteiger partial charge >= 0.3 is 0 Å². The lowest BCUT2D eigenvalue weighted by Gasteiger charge is -2.26. The number of nitrogens with zero attached hydrogens (tertiary/aromatic N) is 5. The molecule has 1 aromatic heterocycles. The average molecular weight is 513 g/mol. The summed E-state index contributed by atoms with van der Waals surface area (Å²) in [5, 5.41) is 10.9. The van der Waals surface area contributed by atoms with Crippen molar-refractivity contribution < 1.29 is 4.74 Å². The van der Waals surface area contributed by atoms with E-state index in [4.69, 9.17) is 9.73 Å². The summed E-state index contributed by atoms with van der Waals surface area (Å²) < 4.78 is 7.22. The highest BCUT2D eigenvalue weighted by Crippen LogP contribution is 2.08. The van der Waals surface area contributed by atoms with E-state index in [0.717, 1.165) is 64.9 Å². The monoisotopic (exact) mass is 513 g/mol. The van der Waals surface area contributed by atoms with Crippen LogP contribution in [-0.4, -0.2) is 71.6 Å². The van der Waals surface area contributed by atoms with Gasteiger partial charge in [-0.05, 0) is 31.0 Å². The first-order chi connectivity index (χ1) is 13.8. The molecule has 0 saturated carbocycles.